The van der Waals surface area contributed by atoms with Crippen molar-refractivity contribution in [3.05, 3.63) is 0 Å². The van der Waals surface area contributed by atoms with E-state index in [2.05, 4.69) is 36.6 Å². The Morgan fingerprint density at radius 1 is 1.22 bits per heavy atom. The van der Waals surface area contributed by atoms with Crippen LogP contribution < -0.4 is 10.6 Å². The molecule has 0 aromatic carbocycles. The molecule has 2 aliphatic rings. The van der Waals surface area contributed by atoms with Crippen molar-refractivity contribution in [1.29, 1.82) is 0 Å². The minimum atomic E-state index is 0.612. The van der Waals surface area contributed by atoms with E-state index in [0.29, 0.717) is 6.04 Å². The lowest BCUT2D eigenvalue weighted by Gasteiger charge is -2.22. The lowest BCUT2D eigenvalue weighted by Crippen LogP contribution is -2.40. The zero-order valence-corrected chi connectivity index (χ0v) is 12.1. The molecule has 104 valence electrons. The molecule has 2 rings (SSSR count). The van der Waals surface area contributed by atoms with Gasteiger partial charge in [0.05, 0.1) is 6.54 Å². The number of nitrogens with one attached hydrogen (secondary N) is 2. The second-order valence-electron chi connectivity index (χ2n) is 5.91. The predicted octanol–water partition coefficient (Wildman–Crippen LogP) is 1.29. The molecule has 0 bridgehead atoms. The molecule has 0 radical (unpaired) electrons. The lowest BCUT2D eigenvalue weighted by molar-refractivity contribution is 0.271. The molecule has 0 aromatic rings. The van der Waals surface area contributed by atoms with Crippen LogP contribution in [0.15, 0.2) is 4.99 Å². The summed E-state index contributed by atoms with van der Waals surface area (Å²) >= 11 is 0. The zero-order chi connectivity index (χ0) is 13.0. The summed E-state index contributed by atoms with van der Waals surface area (Å²) in [5.41, 5.74) is 0. The van der Waals surface area contributed by atoms with Gasteiger partial charge >= 0.3 is 0 Å². The molecule has 0 saturated heterocycles. The van der Waals surface area contributed by atoms with Crippen LogP contribution in [-0.2, 0) is 0 Å². The first kappa shape index (κ1) is 13.7. The molecule has 1 unspecified atom stereocenters. The first-order chi connectivity index (χ1) is 8.70. The maximum Gasteiger partial charge on any atom is 0.191 e. The molecule has 0 aromatic heterocycles. The van der Waals surface area contributed by atoms with Crippen molar-refractivity contribution in [3.63, 3.8) is 0 Å². The van der Waals surface area contributed by atoms with Gasteiger partial charge in [0.2, 0.25) is 0 Å². The maximum atomic E-state index is 4.75. The third-order valence-corrected chi connectivity index (χ3v) is 3.87. The molecule has 2 fully saturated rings. The van der Waals surface area contributed by atoms with Crippen LogP contribution in [0.5, 0.6) is 0 Å². The van der Waals surface area contributed by atoms with Gasteiger partial charge in [0.1, 0.15) is 0 Å². The Bertz CT molecular complexity index is 278. The summed E-state index contributed by atoms with van der Waals surface area (Å²) in [4.78, 5) is 7.07. The second kappa shape index (κ2) is 6.41. The number of guanidine groups is 1. The van der Waals surface area contributed by atoms with Crippen LogP contribution in [-0.4, -0.2) is 50.6 Å². The molecule has 0 heterocycles. The second-order valence-corrected chi connectivity index (χ2v) is 5.91. The normalized spacial score (nSPS) is 22.1. The van der Waals surface area contributed by atoms with Crippen molar-refractivity contribution in [2.24, 2.45) is 16.8 Å². The first-order valence-corrected chi connectivity index (χ1v) is 7.39. The number of hydrogen-bond donors (Lipinski definition) is 2. The van der Waals surface area contributed by atoms with Crippen molar-refractivity contribution in [1.82, 2.24) is 15.5 Å². The first-order valence-electron chi connectivity index (χ1n) is 7.39. The molecular weight excluding hydrogens is 224 g/mol. The van der Waals surface area contributed by atoms with Gasteiger partial charge in [-0.2, -0.15) is 0 Å². The molecule has 1 atom stereocenters. The molecular formula is C14H28N4. The van der Waals surface area contributed by atoms with E-state index in [1.807, 2.05) is 0 Å². The Morgan fingerprint density at radius 3 is 2.44 bits per heavy atom. The highest BCUT2D eigenvalue weighted by atomic mass is 15.2. The van der Waals surface area contributed by atoms with Crippen molar-refractivity contribution in [3.8, 4) is 0 Å². The van der Waals surface area contributed by atoms with Crippen LogP contribution >= 0.6 is 0 Å². The van der Waals surface area contributed by atoms with Gasteiger partial charge < -0.3 is 15.5 Å². The minimum absolute atomic E-state index is 0.612. The van der Waals surface area contributed by atoms with Crippen LogP contribution in [0.25, 0.3) is 0 Å². The summed E-state index contributed by atoms with van der Waals surface area (Å²) < 4.78 is 0. The average molecular weight is 252 g/mol. The lowest BCUT2D eigenvalue weighted by atomic mass is 10.2. The van der Waals surface area contributed by atoms with Gasteiger partial charge in [0.15, 0.2) is 5.96 Å². The highest BCUT2D eigenvalue weighted by Gasteiger charge is 2.32. The van der Waals surface area contributed by atoms with E-state index in [4.69, 9.17) is 4.99 Å². The topological polar surface area (TPSA) is 39.7 Å². The number of rotatable bonds is 7. The highest BCUT2D eigenvalue weighted by Crippen LogP contribution is 2.34. The quantitative estimate of drug-likeness (QED) is 0.530. The summed E-state index contributed by atoms with van der Waals surface area (Å²) in [6.07, 6.45) is 5.53. The van der Waals surface area contributed by atoms with Crippen LogP contribution in [0, 0.1) is 11.8 Å². The van der Waals surface area contributed by atoms with Crippen molar-refractivity contribution >= 4 is 5.96 Å². The maximum absolute atomic E-state index is 4.75. The summed E-state index contributed by atoms with van der Waals surface area (Å²) in [5, 5.41) is 6.80. The predicted molar refractivity (Wildman–Crippen MR) is 76.9 cm³/mol. The smallest absolute Gasteiger partial charge is 0.191 e. The molecule has 2 aliphatic carbocycles. The fourth-order valence-corrected chi connectivity index (χ4v) is 2.30. The van der Waals surface area contributed by atoms with Crippen LogP contribution in [0.2, 0.25) is 0 Å². The number of likely N-dealkylation sites (N-methyl/N-ethyl adjacent to an activating group) is 1. The summed E-state index contributed by atoms with van der Waals surface area (Å²) in [6.45, 7) is 5.06. The summed E-state index contributed by atoms with van der Waals surface area (Å²) in [5.74, 6) is 2.76. The number of nitrogens with zero attached hydrogens (tertiary/aromatic N) is 2. The monoisotopic (exact) mass is 252 g/mol. The molecule has 0 amide bonds. The number of aliphatic imine (C=N–C) groups is 1. The molecule has 2 N–H and O–H groups in total. The van der Waals surface area contributed by atoms with Crippen LogP contribution in [0.1, 0.15) is 32.6 Å². The third-order valence-electron chi connectivity index (χ3n) is 3.87. The molecule has 4 heteroatoms. The Morgan fingerprint density at radius 2 is 1.94 bits per heavy atom. The van der Waals surface area contributed by atoms with Gasteiger partial charge in [0, 0.05) is 19.1 Å². The fourth-order valence-electron chi connectivity index (χ4n) is 2.30. The van der Waals surface area contributed by atoms with E-state index >= 15 is 0 Å². The molecule has 2 saturated carbocycles. The van der Waals surface area contributed by atoms with Crippen LogP contribution in [0.4, 0.5) is 0 Å². The van der Waals surface area contributed by atoms with Crippen molar-refractivity contribution in [2.75, 3.05) is 33.7 Å². The van der Waals surface area contributed by atoms with E-state index < -0.39 is 0 Å². The van der Waals surface area contributed by atoms with E-state index in [1.165, 1.54) is 25.7 Å². The molecule has 18 heavy (non-hydrogen) atoms. The van der Waals surface area contributed by atoms with E-state index in [0.717, 1.165) is 37.4 Å². The van der Waals surface area contributed by atoms with Crippen LogP contribution in [0.3, 0.4) is 0 Å². The Balaban J connectivity index is 1.80. The van der Waals surface area contributed by atoms with Gasteiger partial charge in [0.25, 0.3) is 0 Å². The average Bonchev–Trinajstić information content (AvgIpc) is 3.18. The Labute approximate surface area is 111 Å². The SMILES string of the molecule is CCNC(=NCC(C1CC1)N(C)C)NCC1CC1. The highest BCUT2D eigenvalue weighted by molar-refractivity contribution is 5.79. The van der Waals surface area contributed by atoms with Gasteiger partial charge in [-0.05, 0) is 58.5 Å². The molecule has 4 nitrogen and oxygen atoms in total. The van der Waals surface area contributed by atoms with E-state index in [-0.39, 0.29) is 0 Å². The van der Waals surface area contributed by atoms with E-state index in [9.17, 15) is 0 Å². The van der Waals surface area contributed by atoms with Crippen molar-refractivity contribution < 1.29 is 0 Å². The zero-order valence-electron chi connectivity index (χ0n) is 12.1. The van der Waals surface area contributed by atoms with Gasteiger partial charge in [-0.3, -0.25) is 4.99 Å². The minimum Gasteiger partial charge on any atom is -0.357 e. The fraction of sp³-hybridized carbons (Fsp3) is 0.929. The van der Waals surface area contributed by atoms with Crippen molar-refractivity contribution in [2.45, 2.75) is 38.6 Å². The standard InChI is InChI=1S/C14H28N4/c1-4-15-14(16-9-11-5-6-11)17-10-13(18(2)3)12-7-8-12/h11-13H,4-10H2,1-3H3,(H2,15,16,17). The Hall–Kier alpha value is -0.770. The van der Waals surface area contributed by atoms with Gasteiger partial charge in [-0.25, -0.2) is 0 Å². The van der Waals surface area contributed by atoms with Gasteiger partial charge in [-0.1, -0.05) is 0 Å². The third kappa shape index (κ3) is 4.48. The summed E-state index contributed by atoms with van der Waals surface area (Å²) in [6, 6.07) is 0.612. The molecule has 0 aliphatic heterocycles. The van der Waals surface area contributed by atoms with E-state index in [1.54, 1.807) is 0 Å². The summed E-state index contributed by atoms with van der Waals surface area (Å²) in [7, 11) is 4.34. The number of hydrogen-bond acceptors (Lipinski definition) is 2. The largest absolute Gasteiger partial charge is 0.357 e. The Kier molecular flexibility index (Phi) is 4.87. The molecule has 0 spiro atoms. The van der Waals surface area contributed by atoms with Gasteiger partial charge in [-0.15, -0.1) is 0 Å².